The number of benzene rings is 1. The average Bonchev–Trinajstić information content (AvgIpc) is 2.78. The Labute approximate surface area is 159 Å². The third kappa shape index (κ3) is 3.43. The van der Waals surface area contributed by atoms with E-state index in [0.717, 1.165) is 22.5 Å². The summed E-state index contributed by atoms with van der Waals surface area (Å²) in [6.45, 7) is 1.91. The first-order chi connectivity index (χ1) is 12.5. The first-order valence-corrected chi connectivity index (χ1v) is 8.73. The number of rotatable bonds is 4. The van der Waals surface area contributed by atoms with Gasteiger partial charge in [-0.3, -0.25) is 4.98 Å². The number of fused-ring (bicyclic) bond motifs is 1. The third-order valence-corrected chi connectivity index (χ3v) is 4.85. The van der Waals surface area contributed by atoms with Crippen LogP contribution in [0.15, 0.2) is 64.7 Å². The van der Waals surface area contributed by atoms with Crippen molar-refractivity contribution in [3.63, 3.8) is 0 Å². The van der Waals surface area contributed by atoms with Crippen LogP contribution in [-0.2, 0) is 9.53 Å². The highest BCUT2D eigenvalue weighted by Crippen LogP contribution is 2.36. The fourth-order valence-electron chi connectivity index (χ4n) is 2.88. The zero-order valence-electron chi connectivity index (χ0n) is 14.3. The topological polar surface area (TPSA) is 83.5 Å². The lowest BCUT2D eigenvalue weighted by Gasteiger charge is -2.18. The predicted octanol–water partition coefficient (Wildman–Crippen LogP) is 3.86. The third-order valence-electron chi connectivity index (χ3n) is 4.13. The van der Waals surface area contributed by atoms with Crippen molar-refractivity contribution >= 4 is 33.3 Å². The van der Waals surface area contributed by atoms with Gasteiger partial charge < -0.3 is 20.5 Å². The zero-order valence-corrected chi connectivity index (χ0v) is 15.9. The van der Waals surface area contributed by atoms with Gasteiger partial charge in [-0.2, -0.15) is 0 Å². The molecule has 1 atom stereocenters. The summed E-state index contributed by atoms with van der Waals surface area (Å²) in [6, 6.07) is 10.2. The van der Waals surface area contributed by atoms with Crippen LogP contribution in [0.3, 0.4) is 0 Å². The van der Waals surface area contributed by atoms with Crippen molar-refractivity contribution in [3.8, 4) is 0 Å². The van der Waals surface area contributed by atoms with E-state index in [0.29, 0.717) is 15.9 Å². The van der Waals surface area contributed by atoms with E-state index >= 15 is 0 Å². The second-order valence-electron chi connectivity index (χ2n) is 5.72. The van der Waals surface area contributed by atoms with Crippen molar-refractivity contribution in [1.82, 2.24) is 10.3 Å². The molecule has 0 fully saturated rings. The van der Waals surface area contributed by atoms with Crippen LogP contribution in [-0.4, -0.2) is 23.2 Å². The van der Waals surface area contributed by atoms with Gasteiger partial charge in [-0.25, -0.2) is 4.79 Å². The minimum absolute atomic E-state index is 0.430. The number of carboxylic acid groups (broad SMARTS) is 1. The fourth-order valence-corrected chi connectivity index (χ4v) is 3.29. The molecule has 3 N–H and O–H groups in total. The first-order valence-electron chi connectivity index (χ1n) is 7.93. The van der Waals surface area contributed by atoms with Gasteiger partial charge in [-0.05, 0) is 40.5 Å². The predicted molar refractivity (Wildman–Crippen MR) is 103 cm³/mol. The van der Waals surface area contributed by atoms with Crippen LogP contribution in [0.1, 0.15) is 24.1 Å². The molecule has 2 aromatic rings. The highest BCUT2D eigenvalue weighted by Gasteiger charge is 2.30. The van der Waals surface area contributed by atoms with Crippen molar-refractivity contribution in [1.29, 1.82) is 0 Å². The molecule has 2 heterocycles. The molecular weight excluding hydrogens is 398 g/mol. The van der Waals surface area contributed by atoms with Crippen molar-refractivity contribution in [2.75, 3.05) is 12.4 Å². The number of nitrogens with zero attached hydrogens (tertiary/aromatic N) is 1. The van der Waals surface area contributed by atoms with Gasteiger partial charge in [-0.15, -0.1) is 0 Å². The molecule has 0 aliphatic carbocycles. The average molecular weight is 416 g/mol. The number of methoxy groups -OCH3 is 1. The van der Waals surface area contributed by atoms with Gasteiger partial charge in [0.1, 0.15) is 0 Å². The number of halogens is 1. The SMILES string of the molecule is CO/C(Br)=C1/N[C@@H](C(=O)O)c2ccccc2C(Nc2cccnc2)=C1C. The molecule has 0 saturated carbocycles. The van der Waals surface area contributed by atoms with Gasteiger partial charge in [-0.1, -0.05) is 24.3 Å². The molecular formula is C19H18BrN3O3. The number of anilines is 1. The number of aliphatic carboxylic acids is 1. The summed E-state index contributed by atoms with van der Waals surface area (Å²) in [5, 5.41) is 16.2. The molecule has 0 saturated heterocycles. The Hall–Kier alpha value is -2.80. The Balaban J connectivity index is 2.24. The highest BCUT2D eigenvalue weighted by molar-refractivity contribution is 9.11. The lowest BCUT2D eigenvalue weighted by Crippen LogP contribution is -2.28. The summed E-state index contributed by atoms with van der Waals surface area (Å²) in [7, 11) is 1.52. The maximum atomic E-state index is 11.9. The summed E-state index contributed by atoms with van der Waals surface area (Å²) < 4.78 is 5.74. The molecule has 1 aromatic heterocycles. The van der Waals surface area contributed by atoms with Crippen LogP contribution >= 0.6 is 15.9 Å². The largest absolute Gasteiger partial charge is 0.488 e. The van der Waals surface area contributed by atoms with Crippen LogP contribution in [0.4, 0.5) is 5.69 Å². The maximum absolute atomic E-state index is 11.9. The Morgan fingerprint density at radius 3 is 2.73 bits per heavy atom. The number of hydrogen-bond acceptors (Lipinski definition) is 5. The number of allylic oxidation sites excluding steroid dienone is 1. The van der Waals surface area contributed by atoms with Gasteiger partial charge in [0.25, 0.3) is 0 Å². The molecule has 0 spiro atoms. The lowest BCUT2D eigenvalue weighted by atomic mass is 9.98. The van der Waals surface area contributed by atoms with Crippen LogP contribution < -0.4 is 10.6 Å². The molecule has 0 bridgehead atoms. The number of carbonyl (C=O) groups is 1. The van der Waals surface area contributed by atoms with Crippen LogP contribution in [0.2, 0.25) is 0 Å². The smallest absolute Gasteiger partial charge is 0.330 e. The summed E-state index contributed by atoms with van der Waals surface area (Å²) in [6.07, 6.45) is 3.41. The molecule has 1 aliphatic heterocycles. The molecule has 0 amide bonds. The maximum Gasteiger partial charge on any atom is 0.330 e. The van der Waals surface area contributed by atoms with Gasteiger partial charge >= 0.3 is 5.97 Å². The van der Waals surface area contributed by atoms with Crippen LogP contribution in [0.25, 0.3) is 5.70 Å². The Kier molecular flexibility index (Phi) is 5.27. The van der Waals surface area contributed by atoms with Gasteiger partial charge in [0.05, 0.1) is 30.4 Å². The van der Waals surface area contributed by atoms with Gasteiger partial charge in [0.15, 0.2) is 10.7 Å². The first kappa shape index (κ1) is 18.0. The number of nitrogens with one attached hydrogen (secondary N) is 2. The summed E-state index contributed by atoms with van der Waals surface area (Å²) in [5.41, 5.74) is 4.45. The number of ether oxygens (including phenoxy) is 1. The molecule has 3 rings (SSSR count). The molecule has 0 radical (unpaired) electrons. The standard InChI is InChI=1S/C19H18BrN3O3/c1-11-15(22-12-6-5-9-21-10-12)13-7-3-4-8-14(13)17(19(24)25)23-16(11)18(20)26-2/h3-10,17,22-23H,1-2H3,(H,24,25)/b18-16+/t17-/m1/s1. The summed E-state index contributed by atoms with van der Waals surface area (Å²) >= 11 is 3.38. The van der Waals surface area contributed by atoms with E-state index < -0.39 is 12.0 Å². The van der Waals surface area contributed by atoms with E-state index in [1.165, 1.54) is 7.11 Å². The van der Waals surface area contributed by atoms with E-state index in [4.69, 9.17) is 4.74 Å². The highest BCUT2D eigenvalue weighted by atomic mass is 79.9. The normalized spacial score (nSPS) is 18.3. The molecule has 134 valence electrons. The van der Waals surface area contributed by atoms with Crippen LogP contribution in [0, 0.1) is 0 Å². The van der Waals surface area contributed by atoms with Crippen LogP contribution in [0.5, 0.6) is 0 Å². The zero-order chi connectivity index (χ0) is 18.7. The Bertz CT molecular complexity index is 894. The number of hydrogen-bond donors (Lipinski definition) is 3. The molecule has 1 aromatic carbocycles. The second-order valence-corrected chi connectivity index (χ2v) is 6.44. The second kappa shape index (κ2) is 7.61. The Morgan fingerprint density at radius 2 is 2.08 bits per heavy atom. The number of carboxylic acids is 1. The number of aromatic nitrogens is 1. The van der Waals surface area contributed by atoms with E-state index in [1.54, 1.807) is 12.4 Å². The van der Waals surface area contributed by atoms with E-state index in [-0.39, 0.29) is 0 Å². The molecule has 26 heavy (non-hydrogen) atoms. The molecule has 0 unspecified atom stereocenters. The van der Waals surface area contributed by atoms with E-state index in [9.17, 15) is 9.90 Å². The minimum atomic E-state index is -0.971. The quantitative estimate of drug-likeness (QED) is 0.657. The lowest BCUT2D eigenvalue weighted by molar-refractivity contribution is -0.139. The minimum Gasteiger partial charge on any atom is -0.488 e. The molecule has 6 nitrogen and oxygen atoms in total. The van der Waals surface area contributed by atoms with Crippen molar-refractivity contribution < 1.29 is 14.6 Å². The van der Waals surface area contributed by atoms with Crippen molar-refractivity contribution in [2.45, 2.75) is 13.0 Å². The summed E-state index contributed by atoms with van der Waals surface area (Å²) in [5.74, 6) is -0.971. The summed E-state index contributed by atoms with van der Waals surface area (Å²) in [4.78, 5) is 16.0. The van der Waals surface area contributed by atoms with Crippen molar-refractivity contribution in [2.24, 2.45) is 0 Å². The Morgan fingerprint density at radius 1 is 1.31 bits per heavy atom. The van der Waals surface area contributed by atoms with Crippen molar-refractivity contribution in [3.05, 3.63) is 75.9 Å². The van der Waals surface area contributed by atoms with Gasteiger partial charge in [0, 0.05) is 17.3 Å². The monoisotopic (exact) mass is 415 g/mol. The van der Waals surface area contributed by atoms with Gasteiger partial charge in [0.2, 0.25) is 0 Å². The molecule has 7 heteroatoms. The van der Waals surface area contributed by atoms with E-state index in [2.05, 4.69) is 31.5 Å². The molecule has 1 aliphatic rings. The van der Waals surface area contributed by atoms with E-state index in [1.807, 2.05) is 43.3 Å². The fraction of sp³-hybridized carbons (Fsp3) is 0.158. The number of pyridine rings is 1.